The summed E-state index contributed by atoms with van der Waals surface area (Å²) >= 11 is 0. The Morgan fingerprint density at radius 3 is 2.15 bits per heavy atom. The third kappa shape index (κ3) is 6.05. The van der Waals surface area contributed by atoms with Crippen molar-refractivity contribution in [2.45, 2.75) is 18.7 Å². The molecule has 1 heterocycles. The monoisotopic (exact) mass is 489 g/mol. The van der Waals surface area contributed by atoms with E-state index in [1.807, 2.05) is 0 Å². The molecule has 0 saturated carbocycles. The van der Waals surface area contributed by atoms with E-state index in [1.54, 1.807) is 32.0 Å². The molecule has 0 aliphatic rings. The van der Waals surface area contributed by atoms with Gasteiger partial charge in [-0.15, -0.1) is 0 Å². The molecule has 0 aliphatic heterocycles. The van der Waals surface area contributed by atoms with E-state index in [1.165, 1.54) is 46.9 Å². The van der Waals surface area contributed by atoms with Crippen LogP contribution < -0.4 is 14.3 Å². The molecular weight excluding hydrogens is 466 g/mol. The standard InChI is InChI=1S/C21H23N5O5S2/c1-4-26(32(3,28)29)18-9-5-16(6-10-18)20(27)24-17-7-11-19(12-8-17)33(30,31)25-21-22-14-13-15(2)23-21/h5-14H,4H2,1-3H3,(H,24,27)(H,22,23,25). The van der Waals surface area contributed by atoms with Gasteiger partial charge in [0.25, 0.3) is 15.9 Å². The summed E-state index contributed by atoms with van der Waals surface area (Å²) < 4.78 is 52.2. The lowest BCUT2D eigenvalue weighted by molar-refractivity contribution is 0.102. The molecule has 174 valence electrons. The zero-order valence-corrected chi connectivity index (χ0v) is 19.8. The largest absolute Gasteiger partial charge is 0.322 e. The van der Waals surface area contributed by atoms with Gasteiger partial charge in [-0.25, -0.2) is 31.5 Å². The Hall–Kier alpha value is -3.51. The number of aryl methyl sites for hydroxylation is 1. The van der Waals surface area contributed by atoms with E-state index in [4.69, 9.17) is 0 Å². The summed E-state index contributed by atoms with van der Waals surface area (Å²) in [5.74, 6) is -0.459. The van der Waals surface area contributed by atoms with Crippen LogP contribution in [-0.4, -0.2) is 45.5 Å². The van der Waals surface area contributed by atoms with Gasteiger partial charge in [0.2, 0.25) is 16.0 Å². The Labute approximate surface area is 192 Å². The minimum Gasteiger partial charge on any atom is -0.322 e. The maximum absolute atomic E-state index is 12.5. The minimum atomic E-state index is -3.90. The van der Waals surface area contributed by atoms with Gasteiger partial charge < -0.3 is 5.32 Å². The van der Waals surface area contributed by atoms with Gasteiger partial charge in [-0.05, 0) is 68.4 Å². The van der Waals surface area contributed by atoms with Crippen molar-refractivity contribution in [2.75, 3.05) is 27.1 Å². The molecule has 1 amide bonds. The van der Waals surface area contributed by atoms with E-state index in [0.717, 1.165) is 6.26 Å². The second kappa shape index (κ2) is 9.55. The molecule has 1 aromatic heterocycles. The quantitative estimate of drug-likeness (QED) is 0.496. The second-order valence-electron chi connectivity index (χ2n) is 7.08. The summed E-state index contributed by atoms with van der Waals surface area (Å²) in [5, 5.41) is 2.68. The maximum atomic E-state index is 12.5. The molecule has 0 aliphatic carbocycles. The average Bonchev–Trinajstić information content (AvgIpc) is 2.74. The number of benzene rings is 2. The first kappa shape index (κ1) is 24.1. The number of carbonyl (C=O) groups is 1. The number of carbonyl (C=O) groups excluding carboxylic acids is 1. The first-order valence-electron chi connectivity index (χ1n) is 9.81. The highest BCUT2D eigenvalue weighted by molar-refractivity contribution is 7.92. The Bertz CT molecular complexity index is 1360. The number of hydrogen-bond acceptors (Lipinski definition) is 7. The van der Waals surface area contributed by atoms with Crippen LogP contribution in [0.5, 0.6) is 0 Å². The molecule has 3 aromatic rings. The normalized spacial score (nSPS) is 11.6. The predicted molar refractivity (Wildman–Crippen MR) is 126 cm³/mol. The van der Waals surface area contributed by atoms with Crippen LogP contribution in [0.4, 0.5) is 17.3 Å². The average molecular weight is 490 g/mol. The maximum Gasteiger partial charge on any atom is 0.264 e. The van der Waals surface area contributed by atoms with Gasteiger partial charge in [0.05, 0.1) is 16.8 Å². The summed E-state index contributed by atoms with van der Waals surface area (Å²) in [6, 6.07) is 13.4. The van der Waals surface area contributed by atoms with E-state index in [0.29, 0.717) is 22.6 Å². The summed E-state index contributed by atoms with van der Waals surface area (Å²) in [6.45, 7) is 3.70. The van der Waals surface area contributed by atoms with Crippen molar-refractivity contribution in [1.82, 2.24) is 9.97 Å². The smallest absolute Gasteiger partial charge is 0.264 e. The van der Waals surface area contributed by atoms with Gasteiger partial charge in [0.1, 0.15) is 0 Å². The number of rotatable bonds is 8. The van der Waals surface area contributed by atoms with Crippen molar-refractivity contribution in [3.05, 3.63) is 72.1 Å². The molecule has 0 atom stereocenters. The molecule has 2 aromatic carbocycles. The zero-order chi connectivity index (χ0) is 24.2. The van der Waals surface area contributed by atoms with Crippen molar-refractivity contribution in [3.63, 3.8) is 0 Å². The van der Waals surface area contributed by atoms with Crippen LogP contribution in [0, 0.1) is 6.92 Å². The summed E-state index contributed by atoms with van der Waals surface area (Å²) in [7, 11) is -7.31. The number of sulfonamides is 2. The third-order valence-corrected chi connectivity index (χ3v) is 7.16. The molecule has 12 heteroatoms. The molecular formula is C21H23N5O5S2. The van der Waals surface area contributed by atoms with Crippen molar-refractivity contribution >= 4 is 43.3 Å². The summed E-state index contributed by atoms with van der Waals surface area (Å²) in [4.78, 5) is 20.4. The van der Waals surface area contributed by atoms with Crippen LogP contribution in [-0.2, 0) is 20.0 Å². The molecule has 33 heavy (non-hydrogen) atoms. The highest BCUT2D eigenvalue weighted by Crippen LogP contribution is 2.20. The molecule has 0 radical (unpaired) electrons. The van der Waals surface area contributed by atoms with Crippen LogP contribution in [0.1, 0.15) is 23.0 Å². The first-order chi connectivity index (χ1) is 15.5. The first-order valence-corrected chi connectivity index (χ1v) is 13.1. The molecule has 3 rings (SSSR count). The number of nitrogens with one attached hydrogen (secondary N) is 2. The van der Waals surface area contributed by atoms with Crippen molar-refractivity contribution in [1.29, 1.82) is 0 Å². The number of anilines is 3. The van der Waals surface area contributed by atoms with Gasteiger partial charge in [-0.1, -0.05) is 0 Å². The minimum absolute atomic E-state index is 0.0182. The highest BCUT2D eigenvalue weighted by atomic mass is 32.2. The van der Waals surface area contributed by atoms with E-state index in [9.17, 15) is 21.6 Å². The summed E-state index contributed by atoms with van der Waals surface area (Å²) in [6.07, 6.45) is 2.57. The van der Waals surface area contributed by atoms with E-state index >= 15 is 0 Å². The number of nitrogens with zero attached hydrogens (tertiary/aromatic N) is 3. The van der Waals surface area contributed by atoms with Crippen molar-refractivity contribution in [3.8, 4) is 0 Å². The molecule has 0 spiro atoms. The van der Waals surface area contributed by atoms with Crippen molar-refractivity contribution in [2.24, 2.45) is 0 Å². The van der Waals surface area contributed by atoms with Crippen LogP contribution in [0.2, 0.25) is 0 Å². The Kier molecular flexibility index (Phi) is 6.98. The predicted octanol–water partition coefficient (Wildman–Crippen LogP) is 2.62. The van der Waals surface area contributed by atoms with Crippen LogP contribution in [0.15, 0.2) is 65.7 Å². The van der Waals surface area contributed by atoms with Crippen LogP contribution >= 0.6 is 0 Å². The molecule has 0 unspecified atom stereocenters. The fraction of sp³-hybridized carbons (Fsp3) is 0.190. The molecule has 0 saturated heterocycles. The van der Waals surface area contributed by atoms with Crippen LogP contribution in [0.3, 0.4) is 0 Å². The Morgan fingerprint density at radius 1 is 0.970 bits per heavy atom. The number of amides is 1. The molecule has 10 nitrogen and oxygen atoms in total. The van der Waals surface area contributed by atoms with E-state index in [-0.39, 0.29) is 17.4 Å². The fourth-order valence-electron chi connectivity index (χ4n) is 2.99. The third-order valence-electron chi connectivity index (χ3n) is 4.55. The van der Waals surface area contributed by atoms with Gasteiger partial charge in [0, 0.05) is 29.7 Å². The van der Waals surface area contributed by atoms with Gasteiger partial charge in [0.15, 0.2) is 0 Å². The van der Waals surface area contributed by atoms with E-state index < -0.39 is 26.0 Å². The lowest BCUT2D eigenvalue weighted by atomic mass is 10.2. The van der Waals surface area contributed by atoms with Gasteiger partial charge in [-0.2, -0.15) is 0 Å². The second-order valence-corrected chi connectivity index (χ2v) is 10.7. The highest BCUT2D eigenvalue weighted by Gasteiger charge is 2.17. The van der Waals surface area contributed by atoms with E-state index in [2.05, 4.69) is 20.0 Å². The van der Waals surface area contributed by atoms with Crippen LogP contribution in [0.25, 0.3) is 0 Å². The Morgan fingerprint density at radius 2 is 1.61 bits per heavy atom. The topological polar surface area (TPSA) is 138 Å². The molecule has 0 bridgehead atoms. The SMILES string of the molecule is CCN(c1ccc(C(=O)Nc2ccc(S(=O)(=O)Nc3nccc(C)n3)cc2)cc1)S(C)(=O)=O. The molecule has 2 N–H and O–H groups in total. The zero-order valence-electron chi connectivity index (χ0n) is 18.2. The van der Waals surface area contributed by atoms with Gasteiger partial charge >= 0.3 is 0 Å². The Balaban J connectivity index is 1.70. The summed E-state index contributed by atoms with van der Waals surface area (Å²) in [5.41, 5.74) is 1.78. The number of hydrogen-bond donors (Lipinski definition) is 2. The van der Waals surface area contributed by atoms with Crippen molar-refractivity contribution < 1.29 is 21.6 Å². The lowest BCUT2D eigenvalue weighted by Gasteiger charge is -2.20. The number of aromatic nitrogens is 2. The molecule has 0 fully saturated rings. The van der Waals surface area contributed by atoms with Gasteiger partial charge in [-0.3, -0.25) is 9.10 Å². The lowest BCUT2D eigenvalue weighted by Crippen LogP contribution is -2.29. The fourth-order valence-corrected chi connectivity index (χ4v) is 4.91.